The summed E-state index contributed by atoms with van der Waals surface area (Å²) in [6, 6.07) is 3.89. The van der Waals surface area contributed by atoms with Gasteiger partial charge in [0.15, 0.2) is 11.0 Å². The molecule has 1 aliphatic carbocycles. The van der Waals surface area contributed by atoms with Gasteiger partial charge in [0.25, 0.3) is 0 Å². The lowest BCUT2D eigenvalue weighted by Crippen LogP contribution is -2.03. The predicted octanol–water partition coefficient (Wildman–Crippen LogP) is 4.12. The molecular formula is C20H21N7S2. The molecule has 2 N–H and O–H groups in total. The lowest BCUT2D eigenvalue weighted by molar-refractivity contribution is 0.687. The molecule has 29 heavy (non-hydrogen) atoms. The summed E-state index contributed by atoms with van der Waals surface area (Å²) in [6.07, 6.45) is 8.24. The number of nitrogens with two attached hydrogens (primary N) is 1. The number of aryl methyl sites for hydroxylation is 2. The van der Waals surface area contributed by atoms with Crippen LogP contribution in [0.4, 0.5) is 5.82 Å². The van der Waals surface area contributed by atoms with Crippen LogP contribution in [0.5, 0.6) is 0 Å². The number of nitrogens with zero attached hydrogens (tertiary/aromatic N) is 6. The smallest absolute Gasteiger partial charge is 0.191 e. The van der Waals surface area contributed by atoms with E-state index in [1.165, 1.54) is 23.3 Å². The van der Waals surface area contributed by atoms with Crippen molar-refractivity contribution in [3.05, 3.63) is 40.8 Å². The van der Waals surface area contributed by atoms with Crippen molar-refractivity contribution in [1.29, 1.82) is 0 Å². The van der Waals surface area contributed by atoms with Crippen LogP contribution in [0, 0.1) is 0 Å². The first-order chi connectivity index (χ1) is 14.2. The Labute approximate surface area is 176 Å². The molecule has 0 spiro atoms. The highest BCUT2D eigenvalue weighted by molar-refractivity contribution is 7.98. The second-order valence-corrected chi connectivity index (χ2v) is 9.02. The summed E-state index contributed by atoms with van der Waals surface area (Å²) in [6.45, 7) is 2.88. The van der Waals surface area contributed by atoms with Crippen LogP contribution in [0.2, 0.25) is 0 Å². The fourth-order valence-corrected chi connectivity index (χ4v) is 5.97. The molecule has 1 aliphatic rings. The summed E-state index contributed by atoms with van der Waals surface area (Å²) in [7, 11) is 0. The average molecular weight is 424 g/mol. The largest absolute Gasteiger partial charge is 0.383 e. The molecule has 9 heteroatoms. The van der Waals surface area contributed by atoms with E-state index in [1.807, 2.05) is 12.1 Å². The molecule has 4 heterocycles. The Morgan fingerprint density at radius 1 is 1.14 bits per heavy atom. The first kappa shape index (κ1) is 18.5. The van der Waals surface area contributed by atoms with Gasteiger partial charge in [-0.3, -0.25) is 4.98 Å². The summed E-state index contributed by atoms with van der Waals surface area (Å²) < 4.78 is 2.10. The van der Waals surface area contributed by atoms with E-state index in [9.17, 15) is 0 Å². The molecule has 0 saturated heterocycles. The molecule has 0 unspecified atom stereocenters. The van der Waals surface area contributed by atoms with Crippen molar-refractivity contribution < 1.29 is 0 Å². The monoisotopic (exact) mass is 423 g/mol. The Bertz CT molecular complexity index is 1170. The van der Waals surface area contributed by atoms with Gasteiger partial charge in [-0.25, -0.2) is 9.97 Å². The normalized spacial score (nSPS) is 13.7. The molecule has 0 atom stereocenters. The number of thiophene rings is 1. The molecule has 0 aliphatic heterocycles. The maximum Gasteiger partial charge on any atom is 0.191 e. The van der Waals surface area contributed by atoms with Gasteiger partial charge in [0.1, 0.15) is 16.5 Å². The van der Waals surface area contributed by atoms with E-state index >= 15 is 0 Å². The zero-order valence-electron chi connectivity index (χ0n) is 16.1. The Morgan fingerprint density at radius 3 is 2.79 bits per heavy atom. The second kappa shape index (κ2) is 7.72. The number of hydrogen-bond donors (Lipinski definition) is 1. The Morgan fingerprint density at radius 2 is 1.97 bits per heavy atom. The molecule has 0 radical (unpaired) electrons. The lowest BCUT2D eigenvalue weighted by atomic mass is 9.97. The Kier molecular flexibility index (Phi) is 4.92. The van der Waals surface area contributed by atoms with Crippen LogP contribution in [0.15, 0.2) is 29.7 Å². The molecule has 0 bridgehead atoms. The quantitative estimate of drug-likeness (QED) is 0.482. The van der Waals surface area contributed by atoms with Crippen LogP contribution in [0.25, 0.3) is 21.6 Å². The minimum absolute atomic E-state index is 0.608. The number of rotatable bonds is 5. The number of aromatic nitrogens is 6. The number of pyridine rings is 1. The Hall–Kier alpha value is -2.52. The van der Waals surface area contributed by atoms with Crippen molar-refractivity contribution in [2.24, 2.45) is 0 Å². The third-order valence-electron chi connectivity index (χ3n) is 5.19. The van der Waals surface area contributed by atoms with Gasteiger partial charge in [0.05, 0.1) is 11.1 Å². The van der Waals surface area contributed by atoms with Gasteiger partial charge in [-0.2, -0.15) is 0 Å². The van der Waals surface area contributed by atoms with Gasteiger partial charge in [-0.15, -0.1) is 21.5 Å². The molecule has 0 aromatic carbocycles. The van der Waals surface area contributed by atoms with Crippen molar-refractivity contribution in [1.82, 2.24) is 29.7 Å². The van der Waals surface area contributed by atoms with Gasteiger partial charge in [0, 0.05) is 29.4 Å². The van der Waals surface area contributed by atoms with Crippen molar-refractivity contribution in [2.45, 2.75) is 50.1 Å². The maximum absolute atomic E-state index is 6.34. The molecule has 4 aromatic heterocycles. The average Bonchev–Trinajstić information content (AvgIpc) is 3.33. The number of anilines is 1. The van der Waals surface area contributed by atoms with E-state index < -0.39 is 0 Å². The number of hydrogen-bond acceptors (Lipinski definition) is 8. The van der Waals surface area contributed by atoms with E-state index in [-0.39, 0.29) is 0 Å². The topological polar surface area (TPSA) is 95.4 Å². The SMILES string of the molecule is CCn1c(SCc2nc(N)c3c4c(sc3n2)CCCC4)nnc1-c1ccncc1. The van der Waals surface area contributed by atoms with Gasteiger partial charge < -0.3 is 10.3 Å². The highest BCUT2D eigenvalue weighted by atomic mass is 32.2. The summed E-state index contributed by atoms with van der Waals surface area (Å²) in [5.74, 6) is 2.81. The molecule has 4 aromatic rings. The summed E-state index contributed by atoms with van der Waals surface area (Å²) in [4.78, 5) is 16.0. The standard InChI is InChI=1S/C20H21N7S2/c1-2-27-18(12-7-9-22-10-8-12)25-26-20(27)28-11-15-23-17(21)16-13-5-3-4-6-14(13)29-19(16)24-15/h7-10H,2-6,11H2,1H3,(H2,21,23,24). The Balaban J connectivity index is 1.42. The van der Waals surface area contributed by atoms with Crippen LogP contribution in [-0.2, 0) is 25.1 Å². The van der Waals surface area contributed by atoms with Crippen LogP contribution in [0.1, 0.15) is 36.0 Å². The fourth-order valence-electron chi connectivity index (χ4n) is 3.82. The van der Waals surface area contributed by atoms with Crippen molar-refractivity contribution in [2.75, 3.05) is 5.73 Å². The molecule has 7 nitrogen and oxygen atoms in total. The van der Waals surface area contributed by atoms with Gasteiger partial charge in [-0.05, 0) is 50.3 Å². The zero-order chi connectivity index (χ0) is 19.8. The summed E-state index contributed by atoms with van der Waals surface area (Å²) in [5.41, 5.74) is 8.72. The summed E-state index contributed by atoms with van der Waals surface area (Å²) >= 11 is 3.37. The third kappa shape index (κ3) is 3.38. The van der Waals surface area contributed by atoms with Crippen molar-refractivity contribution >= 4 is 39.1 Å². The van der Waals surface area contributed by atoms with Crippen molar-refractivity contribution in [3.8, 4) is 11.4 Å². The first-order valence-electron chi connectivity index (χ1n) is 9.77. The van der Waals surface area contributed by atoms with Crippen LogP contribution < -0.4 is 5.73 Å². The first-order valence-corrected chi connectivity index (χ1v) is 11.6. The minimum atomic E-state index is 0.608. The molecule has 0 amide bonds. The summed E-state index contributed by atoms with van der Waals surface area (Å²) in [5, 5.41) is 10.7. The van der Waals surface area contributed by atoms with Crippen LogP contribution >= 0.6 is 23.1 Å². The second-order valence-electron chi connectivity index (χ2n) is 6.99. The zero-order valence-corrected chi connectivity index (χ0v) is 17.8. The molecule has 5 rings (SSSR count). The predicted molar refractivity (Wildman–Crippen MR) is 117 cm³/mol. The van der Waals surface area contributed by atoms with Gasteiger partial charge in [0.2, 0.25) is 0 Å². The third-order valence-corrected chi connectivity index (χ3v) is 7.34. The number of nitrogen functional groups attached to an aromatic ring is 1. The molecular weight excluding hydrogens is 402 g/mol. The van der Waals surface area contributed by atoms with Crippen molar-refractivity contribution in [3.63, 3.8) is 0 Å². The lowest BCUT2D eigenvalue weighted by Gasteiger charge is -2.10. The van der Waals surface area contributed by atoms with E-state index in [2.05, 4.69) is 31.7 Å². The van der Waals surface area contributed by atoms with E-state index in [1.54, 1.807) is 35.5 Å². The van der Waals surface area contributed by atoms with Crippen LogP contribution in [-0.4, -0.2) is 29.7 Å². The molecule has 148 valence electrons. The maximum atomic E-state index is 6.34. The van der Waals surface area contributed by atoms with E-state index in [4.69, 9.17) is 10.7 Å². The number of thioether (sulfide) groups is 1. The fraction of sp³-hybridized carbons (Fsp3) is 0.350. The highest BCUT2D eigenvalue weighted by Crippen LogP contribution is 2.38. The molecule has 0 fully saturated rings. The highest BCUT2D eigenvalue weighted by Gasteiger charge is 2.20. The van der Waals surface area contributed by atoms with Gasteiger partial charge >= 0.3 is 0 Å². The van der Waals surface area contributed by atoms with Crippen LogP contribution in [0.3, 0.4) is 0 Å². The van der Waals surface area contributed by atoms with E-state index in [0.717, 1.165) is 52.0 Å². The molecule has 0 saturated carbocycles. The number of fused-ring (bicyclic) bond motifs is 3. The van der Waals surface area contributed by atoms with Gasteiger partial charge in [-0.1, -0.05) is 11.8 Å². The minimum Gasteiger partial charge on any atom is -0.383 e. The van der Waals surface area contributed by atoms with E-state index in [0.29, 0.717) is 11.6 Å².